The maximum Gasteiger partial charge on any atom is 0.00643 e. The van der Waals surface area contributed by atoms with Crippen molar-refractivity contribution < 1.29 is 0 Å². The summed E-state index contributed by atoms with van der Waals surface area (Å²) in [5.41, 5.74) is 0.479. The zero-order chi connectivity index (χ0) is 11.2. The van der Waals surface area contributed by atoms with E-state index in [1.807, 2.05) is 0 Å². The third-order valence-corrected chi connectivity index (χ3v) is 2.74. The average molecular weight is 199 g/mol. The molecule has 0 amide bonds. The maximum absolute atomic E-state index is 3.43. The van der Waals surface area contributed by atoms with Gasteiger partial charge in [-0.25, -0.2) is 0 Å². The Kier molecular flexibility index (Phi) is 6.43. The van der Waals surface area contributed by atoms with E-state index in [1.165, 1.54) is 25.7 Å². The van der Waals surface area contributed by atoms with Crippen LogP contribution in [-0.4, -0.2) is 13.1 Å². The molecule has 1 atom stereocenters. The molecule has 0 radical (unpaired) electrons. The van der Waals surface area contributed by atoms with E-state index in [-0.39, 0.29) is 0 Å². The monoisotopic (exact) mass is 199 g/mol. The van der Waals surface area contributed by atoms with Gasteiger partial charge in [0.1, 0.15) is 0 Å². The van der Waals surface area contributed by atoms with E-state index in [0.29, 0.717) is 5.41 Å². The van der Waals surface area contributed by atoms with E-state index in [4.69, 9.17) is 0 Å². The number of hydrogen-bond acceptors (Lipinski definition) is 1. The second kappa shape index (κ2) is 6.44. The topological polar surface area (TPSA) is 12.0 Å². The van der Waals surface area contributed by atoms with Crippen molar-refractivity contribution in [1.29, 1.82) is 0 Å². The van der Waals surface area contributed by atoms with Gasteiger partial charge in [-0.1, -0.05) is 34.6 Å². The number of rotatable bonds is 6. The van der Waals surface area contributed by atoms with Crippen LogP contribution in [0.1, 0.15) is 60.3 Å². The predicted molar refractivity (Wildman–Crippen MR) is 65.6 cm³/mol. The van der Waals surface area contributed by atoms with Crippen molar-refractivity contribution >= 4 is 0 Å². The lowest BCUT2D eigenvalue weighted by molar-refractivity contribution is 0.321. The minimum atomic E-state index is 0.479. The van der Waals surface area contributed by atoms with Crippen LogP contribution in [0.25, 0.3) is 0 Å². The summed E-state index contributed by atoms with van der Waals surface area (Å²) in [6.07, 6.45) is 5.29. The highest BCUT2D eigenvalue weighted by Gasteiger charge is 2.14. The molecule has 0 saturated heterocycles. The summed E-state index contributed by atoms with van der Waals surface area (Å²) in [5.74, 6) is 0.834. The Morgan fingerprint density at radius 1 is 1.00 bits per heavy atom. The Morgan fingerprint density at radius 2 is 1.57 bits per heavy atom. The molecule has 0 spiro atoms. The average Bonchev–Trinajstić information content (AvgIpc) is 2.02. The normalized spacial score (nSPS) is 14.8. The molecule has 1 heteroatoms. The van der Waals surface area contributed by atoms with Crippen molar-refractivity contribution in [2.24, 2.45) is 11.3 Å². The largest absolute Gasteiger partial charge is 0.317 e. The van der Waals surface area contributed by atoms with Crippen LogP contribution in [0.4, 0.5) is 0 Å². The van der Waals surface area contributed by atoms with Crippen LogP contribution in [0.15, 0.2) is 0 Å². The van der Waals surface area contributed by atoms with Crippen molar-refractivity contribution in [3.8, 4) is 0 Å². The van der Waals surface area contributed by atoms with E-state index >= 15 is 0 Å². The first-order valence-corrected chi connectivity index (χ1v) is 6.02. The van der Waals surface area contributed by atoms with Crippen molar-refractivity contribution in [3.63, 3.8) is 0 Å². The summed E-state index contributed by atoms with van der Waals surface area (Å²) in [6.45, 7) is 11.6. The molecular formula is C13H29N. The molecular weight excluding hydrogens is 170 g/mol. The molecule has 0 aromatic rings. The molecule has 0 aliphatic rings. The first kappa shape index (κ1) is 14.0. The summed E-state index contributed by atoms with van der Waals surface area (Å²) in [7, 11) is 2.09. The van der Waals surface area contributed by atoms with Crippen LogP contribution in [0.3, 0.4) is 0 Å². The molecule has 1 unspecified atom stereocenters. The Hall–Kier alpha value is -0.0400. The van der Waals surface area contributed by atoms with Crippen LogP contribution in [-0.2, 0) is 0 Å². The molecule has 14 heavy (non-hydrogen) atoms. The van der Waals surface area contributed by atoms with Gasteiger partial charge in [-0.3, -0.25) is 0 Å². The quantitative estimate of drug-likeness (QED) is 0.685. The number of nitrogens with one attached hydrogen (secondary N) is 1. The van der Waals surface area contributed by atoms with Crippen molar-refractivity contribution in [3.05, 3.63) is 0 Å². The molecule has 1 N–H and O–H groups in total. The Labute approximate surface area is 90.7 Å². The third-order valence-electron chi connectivity index (χ3n) is 2.74. The van der Waals surface area contributed by atoms with Gasteiger partial charge in [0.2, 0.25) is 0 Å². The molecule has 0 aliphatic heterocycles. The highest BCUT2D eigenvalue weighted by atomic mass is 14.9. The van der Waals surface area contributed by atoms with Gasteiger partial charge in [0.15, 0.2) is 0 Å². The van der Waals surface area contributed by atoms with Crippen LogP contribution in [0.5, 0.6) is 0 Å². The zero-order valence-electron chi connectivity index (χ0n) is 11.0. The van der Waals surface area contributed by atoms with Crippen LogP contribution in [0.2, 0.25) is 0 Å². The van der Waals surface area contributed by atoms with E-state index in [1.54, 1.807) is 0 Å². The van der Waals surface area contributed by atoms with Gasteiger partial charge >= 0.3 is 0 Å². The fraction of sp³-hybridized carbons (Fsp3) is 1.00. The van der Waals surface area contributed by atoms with Gasteiger partial charge in [0.05, 0.1) is 0 Å². The summed E-state index contributed by atoms with van der Waals surface area (Å²) >= 11 is 0. The lowest BCUT2D eigenvalue weighted by Crippen LogP contribution is -2.27. The van der Waals surface area contributed by atoms with Crippen LogP contribution >= 0.6 is 0 Å². The molecule has 0 aliphatic carbocycles. The number of hydrogen-bond donors (Lipinski definition) is 1. The standard InChI is InChI=1S/C13H29N/c1-11(2)7-8-12(14-6)9-10-13(3,4)5/h11-12,14H,7-10H2,1-6H3. The minimum Gasteiger partial charge on any atom is -0.317 e. The second-order valence-corrected chi connectivity index (χ2v) is 6.06. The minimum absolute atomic E-state index is 0.479. The van der Waals surface area contributed by atoms with E-state index in [9.17, 15) is 0 Å². The van der Waals surface area contributed by atoms with E-state index in [2.05, 4.69) is 47.0 Å². The first-order valence-electron chi connectivity index (χ1n) is 6.02. The highest BCUT2D eigenvalue weighted by molar-refractivity contribution is 4.70. The molecule has 1 nitrogen and oxygen atoms in total. The van der Waals surface area contributed by atoms with Gasteiger partial charge in [-0.05, 0) is 44.1 Å². The van der Waals surface area contributed by atoms with Crippen molar-refractivity contribution in [2.75, 3.05) is 7.05 Å². The summed E-state index contributed by atoms with van der Waals surface area (Å²) in [6, 6.07) is 0.719. The molecule has 0 saturated carbocycles. The van der Waals surface area contributed by atoms with Crippen molar-refractivity contribution in [1.82, 2.24) is 5.32 Å². The molecule has 86 valence electrons. The molecule has 0 aromatic carbocycles. The molecule has 0 aromatic heterocycles. The fourth-order valence-corrected chi connectivity index (χ4v) is 1.57. The molecule has 0 bridgehead atoms. The van der Waals surface area contributed by atoms with Gasteiger partial charge in [0.25, 0.3) is 0 Å². The van der Waals surface area contributed by atoms with E-state index in [0.717, 1.165) is 12.0 Å². The smallest absolute Gasteiger partial charge is 0.00643 e. The fourth-order valence-electron chi connectivity index (χ4n) is 1.57. The lowest BCUT2D eigenvalue weighted by atomic mass is 9.87. The Bertz CT molecular complexity index is 133. The Balaban J connectivity index is 3.69. The van der Waals surface area contributed by atoms with Gasteiger partial charge in [-0.2, -0.15) is 0 Å². The van der Waals surface area contributed by atoms with Gasteiger partial charge < -0.3 is 5.32 Å². The van der Waals surface area contributed by atoms with Crippen LogP contribution in [0, 0.1) is 11.3 Å². The Morgan fingerprint density at radius 3 is 1.93 bits per heavy atom. The van der Waals surface area contributed by atoms with Crippen molar-refractivity contribution in [2.45, 2.75) is 66.3 Å². The maximum atomic E-state index is 3.43. The van der Waals surface area contributed by atoms with Gasteiger partial charge in [-0.15, -0.1) is 0 Å². The first-order chi connectivity index (χ1) is 6.35. The summed E-state index contributed by atoms with van der Waals surface area (Å²) < 4.78 is 0. The summed E-state index contributed by atoms with van der Waals surface area (Å²) in [5, 5.41) is 3.43. The second-order valence-electron chi connectivity index (χ2n) is 6.06. The molecule has 0 heterocycles. The predicted octanol–water partition coefficient (Wildman–Crippen LogP) is 3.84. The third kappa shape index (κ3) is 8.55. The zero-order valence-corrected chi connectivity index (χ0v) is 11.0. The molecule has 0 rings (SSSR count). The van der Waals surface area contributed by atoms with Gasteiger partial charge in [0, 0.05) is 6.04 Å². The summed E-state index contributed by atoms with van der Waals surface area (Å²) in [4.78, 5) is 0. The van der Waals surface area contributed by atoms with Crippen LogP contribution < -0.4 is 5.32 Å². The lowest BCUT2D eigenvalue weighted by Gasteiger charge is -2.23. The van der Waals surface area contributed by atoms with E-state index < -0.39 is 0 Å². The SMILES string of the molecule is CNC(CCC(C)C)CCC(C)(C)C. The highest BCUT2D eigenvalue weighted by Crippen LogP contribution is 2.23. The molecule has 0 fully saturated rings.